The molecule has 0 aromatic carbocycles. The SMILES string of the molecule is CC(CSC(=O)OCOC(=O)C(C)C)NC(=O)OCOC(=O)C(C)C. The van der Waals surface area contributed by atoms with Crippen LogP contribution >= 0.6 is 11.8 Å². The lowest BCUT2D eigenvalue weighted by molar-refractivity contribution is -0.156. The molecule has 1 N–H and O–H groups in total. The number of hydrogen-bond acceptors (Lipinski definition) is 9. The second kappa shape index (κ2) is 12.4. The first-order chi connectivity index (χ1) is 11.6. The Bertz CT molecular complexity index is 466. The summed E-state index contributed by atoms with van der Waals surface area (Å²) in [5.74, 6) is -1.34. The number of thioether (sulfide) groups is 1. The van der Waals surface area contributed by atoms with Crippen LogP contribution in [0.3, 0.4) is 0 Å². The van der Waals surface area contributed by atoms with E-state index in [1.807, 2.05) is 0 Å². The second-order valence-corrected chi connectivity index (χ2v) is 6.61. The van der Waals surface area contributed by atoms with Gasteiger partial charge in [0, 0.05) is 11.8 Å². The van der Waals surface area contributed by atoms with Gasteiger partial charge < -0.3 is 24.3 Å². The molecule has 0 fully saturated rings. The summed E-state index contributed by atoms with van der Waals surface area (Å²) in [7, 11) is 0. The number of amides is 1. The molecule has 144 valence electrons. The molecule has 0 saturated carbocycles. The molecule has 0 saturated heterocycles. The van der Waals surface area contributed by atoms with E-state index in [0.717, 1.165) is 11.8 Å². The number of esters is 2. The molecule has 0 heterocycles. The highest BCUT2D eigenvalue weighted by molar-refractivity contribution is 8.13. The average Bonchev–Trinajstić information content (AvgIpc) is 2.52. The van der Waals surface area contributed by atoms with Crippen molar-refractivity contribution in [3.8, 4) is 0 Å². The standard InChI is InChI=1S/C15H25NO8S/c1-9(2)12(17)21-7-23-14(19)16-11(5)6-25-15(20)24-8-22-13(18)10(3)4/h9-11H,6-8H2,1-5H3,(H,16,19). The van der Waals surface area contributed by atoms with Gasteiger partial charge in [0.15, 0.2) is 0 Å². The van der Waals surface area contributed by atoms with Crippen LogP contribution in [0.1, 0.15) is 34.6 Å². The summed E-state index contributed by atoms with van der Waals surface area (Å²) >= 11 is 0.811. The van der Waals surface area contributed by atoms with E-state index in [1.54, 1.807) is 34.6 Å². The van der Waals surface area contributed by atoms with Gasteiger partial charge in [-0.3, -0.25) is 9.59 Å². The number of alkyl carbamates (subject to hydrolysis) is 1. The minimum absolute atomic E-state index is 0.220. The summed E-state index contributed by atoms with van der Waals surface area (Å²) < 4.78 is 18.8. The lowest BCUT2D eigenvalue weighted by Crippen LogP contribution is -2.35. The Kier molecular flexibility index (Phi) is 11.4. The minimum Gasteiger partial charge on any atom is -0.428 e. The van der Waals surface area contributed by atoms with Crippen molar-refractivity contribution in [2.45, 2.75) is 40.7 Å². The zero-order valence-corrected chi connectivity index (χ0v) is 15.8. The molecule has 9 nitrogen and oxygen atoms in total. The van der Waals surface area contributed by atoms with Gasteiger partial charge in [0.25, 0.3) is 0 Å². The van der Waals surface area contributed by atoms with Crippen molar-refractivity contribution < 1.29 is 38.1 Å². The van der Waals surface area contributed by atoms with Crippen LogP contribution in [0.2, 0.25) is 0 Å². The first-order valence-corrected chi connectivity index (χ1v) is 8.68. The lowest BCUT2D eigenvalue weighted by atomic mass is 10.2. The van der Waals surface area contributed by atoms with Crippen LogP contribution < -0.4 is 5.32 Å². The van der Waals surface area contributed by atoms with Crippen LogP contribution in [0.5, 0.6) is 0 Å². The monoisotopic (exact) mass is 379 g/mol. The molecule has 0 aromatic rings. The van der Waals surface area contributed by atoms with Crippen LogP contribution in [-0.4, -0.2) is 48.7 Å². The first-order valence-electron chi connectivity index (χ1n) is 7.69. The highest BCUT2D eigenvalue weighted by Crippen LogP contribution is 2.08. The first kappa shape index (κ1) is 23.0. The summed E-state index contributed by atoms with van der Waals surface area (Å²) in [5.41, 5.74) is 0. The van der Waals surface area contributed by atoms with Gasteiger partial charge in [-0.25, -0.2) is 9.59 Å². The number of ether oxygens (including phenoxy) is 4. The third kappa shape index (κ3) is 12.1. The van der Waals surface area contributed by atoms with Crippen molar-refractivity contribution in [1.29, 1.82) is 0 Å². The fourth-order valence-electron chi connectivity index (χ4n) is 1.13. The van der Waals surface area contributed by atoms with Crippen LogP contribution in [0.25, 0.3) is 0 Å². The fraction of sp³-hybridized carbons (Fsp3) is 0.733. The number of carbonyl (C=O) groups is 4. The van der Waals surface area contributed by atoms with E-state index < -0.39 is 43.0 Å². The Morgan fingerprint density at radius 1 is 0.800 bits per heavy atom. The number of rotatable bonds is 9. The predicted octanol–water partition coefficient (Wildman–Crippen LogP) is 2.28. The lowest BCUT2D eigenvalue weighted by Gasteiger charge is -2.14. The van der Waals surface area contributed by atoms with Crippen LogP contribution in [-0.2, 0) is 28.5 Å². The zero-order valence-electron chi connectivity index (χ0n) is 15.0. The van der Waals surface area contributed by atoms with Gasteiger partial charge in [0.1, 0.15) is 0 Å². The van der Waals surface area contributed by atoms with Crippen molar-refractivity contribution in [2.24, 2.45) is 11.8 Å². The van der Waals surface area contributed by atoms with Gasteiger partial charge in [0.2, 0.25) is 13.6 Å². The van der Waals surface area contributed by atoms with E-state index in [2.05, 4.69) is 10.1 Å². The van der Waals surface area contributed by atoms with E-state index in [0.29, 0.717) is 0 Å². The third-order valence-electron chi connectivity index (χ3n) is 2.53. The van der Waals surface area contributed by atoms with E-state index in [1.165, 1.54) is 0 Å². The normalized spacial score (nSPS) is 11.6. The molecule has 0 aliphatic carbocycles. The van der Waals surface area contributed by atoms with Gasteiger partial charge >= 0.3 is 23.3 Å². The molecular formula is C15H25NO8S. The topological polar surface area (TPSA) is 117 Å². The van der Waals surface area contributed by atoms with E-state index in [4.69, 9.17) is 14.2 Å². The third-order valence-corrected chi connectivity index (χ3v) is 3.55. The minimum atomic E-state index is -0.774. The number of hydrogen-bond donors (Lipinski definition) is 1. The molecule has 0 aliphatic heterocycles. The summed E-state index contributed by atoms with van der Waals surface area (Å²) in [6, 6.07) is -0.399. The maximum atomic E-state index is 11.5. The summed E-state index contributed by atoms with van der Waals surface area (Å²) in [6.45, 7) is 7.36. The maximum absolute atomic E-state index is 11.5. The Labute approximate surface area is 151 Å². The maximum Gasteiger partial charge on any atom is 0.410 e. The molecule has 25 heavy (non-hydrogen) atoms. The van der Waals surface area contributed by atoms with Gasteiger partial charge in [-0.15, -0.1) is 0 Å². The Hall–Kier alpha value is -1.97. The zero-order chi connectivity index (χ0) is 19.4. The predicted molar refractivity (Wildman–Crippen MR) is 89.6 cm³/mol. The molecule has 0 spiro atoms. The number of carbonyl (C=O) groups excluding carboxylic acids is 4. The molecular weight excluding hydrogens is 354 g/mol. The van der Waals surface area contributed by atoms with Gasteiger partial charge in [-0.2, -0.15) is 0 Å². The van der Waals surface area contributed by atoms with E-state index >= 15 is 0 Å². The molecule has 0 aliphatic rings. The van der Waals surface area contributed by atoms with Crippen LogP contribution in [0.4, 0.5) is 9.59 Å². The van der Waals surface area contributed by atoms with Crippen molar-refractivity contribution in [2.75, 3.05) is 19.3 Å². The van der Waals surface area contributed by atoms with Gasteiger partial charge in [-0.1, -0.05) is 27.7 Å². The largest absolute Gasteiger partial charge is 0.428 e. The van der Waals surface area contributed by atoms with Crippen molar-refractivity contribution in [3.63, 3.8) is 0 Å². The number of nitrogens with one attached hydrogen (secondary N) is 1. The van der Waals surface area contributed by atoms with E-state index in [-0.39, 0.29) is 17.6 Å². The molecule has 0 aromatic heterocycles. The molecule has 0 radical (unpaired) electrons. The smallest absolute Gasteiger partial charge is 0.410 e. The van der Waals surface area contributed by atoms with E-state index in [9.17, 15) is 19.2 Å². The summed E-state index contributed by atoms with van der Waals surface area (Å²) in [6.07, 6.45) is -0.774. The van der Waals surface area contributed by atoms with Crippen molar-refractivity contribution in [3.05, 3.63) is 0 Å². The summed E-state index contributed by atoms with van der Waals surface area (Å²) in [4.78, 5) is 45.2. The molecule has 10 heteroatoms. The van der Waals surface area contributed by atoms with Crippen LogP contribution in [0, 0.1) is 11.8 Å². The Morgan fingerprint density at radius 3 is 1.76 bits per heavy atom. The van der Waals surface area contributed by atoms with Crippen molar-refractivity contribution in [1.82, 2.24) is 5.32 Å². The van der Waals surface area contributed by atoms with Crippen molar-refractivity contribution >= 4 is 35.1 Å². The molecule has 0 rings (SSSR count). The quantitative estimate of drug-likeness (QED) is 0.475. The Balaban J connectivity index is 3.82. The van der Waals surface area contributed by atoms with Gasteiger partial charge in [0.05, 0.1) is 11.8 Å². The molecule has 1 unspecified atom stereocenters. The highest BCUT2D eigenvalue weighted by Gasteiger charge is 2.14. The van der Waals surface area contributed by atoms with Gasteiger partial charge in [-0.05, 0) is 18.7 Å². The molecule has 1 amide bonds. The van der Waals surface area contributed by atoms with Crippen LogP contribution in [0.15, 0.2) is 0 Å². The average molecular weight is 379 g/mol. The molecule has 1 atom stereocenters. The molecule has 0 bridgehead atoms. The second-order valence-electron chi connectivity index (χ2n) is 5.65. The highest BCUT2D eigenvalue weighted by atomic mass is 32.2. The fourth-order valence-corrected chi connectivity index (χ4v) is 1.73. The summed E-state index contributed by atoms with van der Waals surface area (Å²) in [5, 5.41) is 1.83. The Morgan fingerprint density at radius 2 is 1.28 bits per heavy atom.